The standard InChI is InChI=1S/C25H23ClN4O3S/c1-16-10-11-19(14-24(16)34(32,33)29-23-9-5-4-8-22(23)26)28-25(31)21-13-17(2)30(18(21)3)20-7-6-12-27-15-20/h4-15,29H,1-3H3,(H,28,31). The molecule has 4 rings (SSSR count). The van der Waals surface area contributed by atoms with E-state index < -0.39 is 10.0 Å². The van der Waals surface area contributed by atoms with Gasteiger partial charge in [0, 0.05) is 23.3 Å². The van der Waals surface area contributed by atoms with Crippen LogP contribution in [-0.2, 0) is 10.0 Å². The highest BCUT2D eigenvalue weighted by atomic mass is 35.5. The van der Waals surface area contributed by atoms with Crippen LogP contribution in [0.3, 0.4) is 0 Å². The van der Waals surface area contributed by atoms with E-state index in [1.807, 2.05) is 30.5 Å². The third kappa shape index (κ3) is 4.69. The molecular weight excluding hydrogens is 472 g/mol. The molecule has 0 atom stereocenters. The van der Waals surface area contributed by atoms with Crippen molar-refractivity contribution in [2.24, 2.45) is 0 Å². The van der Waals surface area contributed by atoms with Crippen LogP contribution in [0, 0.1) is 20.8 Å². The Morgan fingerprint density at radius 2 is 1.76 bits per heavy atom. The van der Waals surface area contributed by atoms with Gasteiger partial charge in [0.25, 0.3) is 15.9 Å². The van der Waals surface area contributed by atoms with E-state index >= 15 is 0 Å². The van der Waals surface area contributed by atoms with E-state index in [1.54, 1.807) is 61.8 Å². The van der Waals surface area contributed by atoms with E-state index in [9.17, 15) is 13.2 Å². The monoisotopic (exact) mass is 494 g/mol. The topological polar surface area (TPSA) is 93.1 Å². The van der Waals surface area contributed by atoms with Crippen molar-refractivity contribution in [3.63, 3.8) is 0 Å². The number of nitrogens with zero attached hydrogens (tertiary/aromatic N) is 2. The van der Waals surface area contributed by atoms with E-state index in [0.717, 1.165) is 17.1 Å². The van der Waals surface area contributed by atoms with Gasteiger partial charge in [0.15, 0.2) is 0 Å². The SMILES string of the molecule is Cc1ccc(NC(=O)c2cc(C)n(-c3cccnc3)c2C)cc1S(=O)(=O)Nc1ccccc1Cl. The number of halogens is 1. The Morgan fingerprint density at radius 3 is 2.47 bits per heavy atom. The zero-order valence-corrected chi connectivity index (χ0v) is 20.4. The molecule has 0 radical (unpaired) electrons. The van der Waals surface area contributed by atoms with Gasteiger partial charge >= 0.3 is 0 Å². The molecule has 0 aliphatic heterocycles. The molecule has 0 saturated heterocycles. The minimum Gasteiger partial charge on any atom is -0.322 e. The number of hydrogen-bond acceptors (Lipinski definition) is 4. The second-order valence-corrected chi connectivity index (χ2v) is 9.91. The summed E-state index contributed by atoms with van der Waals surface area (Å²) in [5.74, 6) is -0.338. The van der Waals surface area contributed by atoms with Crippen LogP contribution in [0.5, 0.6) is 0 Å². The number of hydrogen-bond donors (Lipinski definition) is 2. The van der Waals surface area contributed by atoms with Crippen molar-refractivity contribution in [2.75, 3.05) is 10.0 Å². The van der Waals surface area contributed by atoms with Crippen molar-refractivity contribution in [2.45, 2.75) is 25.7 Å². The van der Waals surface area contributed by atoms with Crippen molar-refractivity contribution >= 4 is 38.9 Å². The normalized spacial score (nSPS) is 11.3. The number of carbonyl (C=O) groups is 1. The smallest absolute Gasteiger partial charge is 0.262 e. The summed E-state index contributed by atoms with van der Waals surface area (Å²) in [7, 11) is -3.93. The summed E-state index contributed by atoms with van der Waals surface area (Å²) in [6.07, 6.45) is 3.42. The molecule has 0 saturated carbocycles. The van der Waals surface area contributed by atoms with Gasteiger partial charge in [-0.15, -0.1) is 0 Å². The lowest BCUT2D eigenvalue weighted by Crippen LogP contribution is -2.17. The van der Waals surface area contributed by atoms with Crippen LogP contribution in [0.1, 0.15) is 27.3 Å². The Bertz CT molecular complexity index is 1480. The molecule has 0 fully saturated rings. The molecular formula is C25H23ClN4O3S. The molecule has 2 aromatic heterocycles. The number of anilines is 2. The molecule has 9 heteroatoms. The van der Waals surface area contributed by atoms with Crippen LogP contribution < -0.4 is 10.0 Å². The number of aryl methyl sites for hydroxylation is 2. The molecule has 2 N–H and O–H groups in total. The zero-order chi connectivity index (χ0) is 24.5. The highest BCUT2D eigenvalue weighted by molar-refractivity contribution is 7.92. The van der Waals surface area contributed by atoms with Gasteiger partial charge in [-0.1, -0.05) is 29.8 Å². The van der Waals surface area contributed by atoms with Crippen molar-refractivity contribution in [1.82, 2.24) is 9.55 Å². The summed E-state index contributed by atoms with van der Waals surface area (Å²) < 4.78 is 30.6. The fraction of sp³-hybridized carbons (Fsp3) is 0.120. The summed E-state index contributed by atoms with van der Waals surface area (Å²) >= 11 is 6.11. The van der Waals surface area contributed by atoms with Gasteiger partial charge in [-0.3, -0.25) is 14.5 Å². The maximum absolute atomic E-state index is 13.1. The lowest BCUT2D eigenvalue weighted by Gasteiger charge is -2.14. The molecule has 1 amide bonds. The second kappa shape index (κ2) is 9.32. The molecule has 2 heterocycles. The van der Waals surface area contributed by atoms with Gasteiger partial charge in [0.1, 0.15) is 0 Å². The average Bonchev–Trinajstić information content (AvgIpc) is 3.11. The number of pyridine rings is 1. The van der Waals surface area contributed by atoms with Gasteiger partial charge in [0.2, 0.25) is 0 Å². The highest BCUT2D eigenvalue weighted by Crippen LogP contribution is 2.27. The quantitative estimate of drug-likeness (QED) is 0.370. The number of nitrogens with one attached hydrogen (secondary N) is 2. The molecule has 7 nitrogen and oxygen atoms in total. The molecule has 0 unspecified atom stereocenters. The maximum atomic E-state index is 13.1. The zero-order valence-electron chi connectivity index (χ0n) is 18.8. The van der Waals surface area contributed by atoms with Crippen LogP contribution in [0.4, 0.5) is 11.4 Å². The van der Waals surface area contributed by atoms with Crippen LogP contribution in [0.2, 0.25) is 5.02 Å². The first-order chi connectivity index (χ1) is 16.2. The van der Waals surface area contributed by atoms with Gasteiger partial charge in [-0.2, -0.15) is 0 Å². The molecule has 174 valence electrons. The van der Waals surface area contributed by atoms with E-state index in [0.29, 0.717) is 16.8 Å². The Kier molecular flexibility index (Phi) is 6.45. The maximum Gasteiger partial charge on any atom is 0.262 e. The number of para-hydroxylation sites is 1. The number of aromatic nitrogens is 2. The first-order valence-corrected chi connectivity index (χ1v) is 12.3. The predicted octanol–water partition coefficient (Wildman–Crippen LogP) is 5.50. The molecule has 0 bridgehead atoms. The van der Waals surface area contributed by atoms with Crippen molar-refractivity contribution in [3.8, 4) is 5.69 Å². The van der Waals surface area contributed by atoms with Crippen LogP contribution in [0.25, 0.3) is 5.69 Å². The molecule has 34 heavy (non-hydrogen) atoms. The van der Waals surface area contributed by atoms with E-state index in [4.69, 9.17) is 11.6 Å². The van der Waals surface area contributed by atoms with Crippen LogP contribution in [0.15, 0.2) is 78.0 Å². The van der Waals surface area contributed by atoms with Gasteiger partial charge in [-0.25, -0.2) is 8.42 Å². The summed E-state index contributed by atoms with van der Waals surface area (Å²) in [5.41, 5.74) is 4.15. The summed E-state index contributed by atoms with van der Waals surface area (Å²) in [6.45, 7) is 5.45. The lowest BCUT2D eigenvalue weighted by molar-refractivity contribution is 0.102. The Hall–Kier alpha value is -3.62. The van der Waals surface area contributed by atoms with E-state index in [-0.39, 0.29) is 21.5 Å². The fourth-order valence-electron chi connectivity index (χ4n) is 3.79. The summed E-state index contributed by atoms with van der Waals surface area (Å²) in [5, 5.41) is 3.11. The second-order valence-electron chi connectivity index (χ2n) is 7.85. The first-order valence-electron chi connectivity index (χ1n) is 10.5. The Balaban J connectivity index is 1.62. The van der Waals surface area contributed by atoms with Crippen molar-refractivity contribution < 1.29 is 13.2 Å². The van der Waals surface area contributed by atoms with Gasteiger partial charge in [-0.05, 0) is 68.8 Å². The number of sulfonamides is 1. The highest BCUT2D eigenvalue weighted by Gasteiger charge is 2.21. The third-order valence-corrected chi connectivity index (χ3v) is 7.27. The lowest BCUT2D eigenvalue weighted by atomic mass is 10.2. The van der Waals surface area contributed by atoms with Crippen molar-refractivity contribution in [3.05, 3.63) is 101 Å². The van der Waals surface area contributed by atoms with Crippen LogP contribution >= 0.6 is 11.6 Å². The predicted molar refractivity (Wildman–Crippen MR) is 134 cm³/mol. The van der Waals surface area contributed by atoms with E-state index in [1.165, 1.54) is 6.07 Å². The largest absolute Gasteiger partial charge is 0.322 e. The van der Waals surface area contributed by atoms with Gasteiger partial charge < -0.3 is 9.88 Å². The minimum absolute atomic E-state index is 0.0473. The molecule has 0 aliphatic carbocycles. The average molecular weight is 495 g/mol. The number of benzene rings is 2. The third-order valence-electron chi connectivity index (χ3n) is 5.43. The first kappa shape index (κ1) is 23.5. The van der Waals surface area contributed by atoms with E-state index in [2.05, 4.69) is 15.0 Å². The molecule has 0 spiro atoms. The minimum atomic E-state index is -3.93. The molecule has 0 aliphatic rings. The van der Waals surface area contributed by atoms with Gasteiger partial charge in [0.05, 0.1) is 33.1 Å². The number of carbonyl (C=O) groups excluding carboxylic acids is 1. The summed E-state index contributed by atoms with van der Waals surface area (Å²) in [4.78, 5) is 17.3. The molecule has 4 aromatic rings. The number of rotatable bonds is 6. The summed E-state index contributed by atoms with van der Waals surface area (Å²) in [6, 6.07) is 16.9. The Morgan fingerprint density at radius 1 is 1.00 bits per heavy atom. The Labute approximate surface area is 203 Å². The van der Waals surface area contributed by atoms with Crippen LogP contribution in [-0.4, -0.2) is 23.9 Å². The fourth-order valence-corrected chi connectivity index (χ4v) is 5.38. The molecule has 2 aromatic carbocycles. The number of amides is 1. The van der Waals surface area contributed by atoms with Crippen molar-refractivity contribution in [1.29, 1.82) is 0 Å².